The Bertz CT molecular complexity index is 402. The van der Waals surface area contributed by atoms with Crippen LogP contribution in [-0.4, -0.2) is 24.0 Å². The third-order valence-corrected chi connectivity index (χ3v) is 1.58. The topological polar surface area (TPSA) is 90.8 Å². The van der Waals surface area contributed by atoms with Gasteiger partial charge in [0.1, 0.15) is 0 Å². The van der Waals surface area contributed by atoms with E-state index < -0.39 is 11.7 Å². The Labute approximate surface area is 84.8 Å². The van der Waals surface area contributed by atoms with Crippen LogP contribution in [0.2, 0.25) is 0 Å². The largest absolute Gasteiger partial charge is 0.352 e. The van der Waals surface area contributed by atoms with Gasteiger partial charge in [-0.2, -0.15) is 0 Å². The van der Waals surface area contributed by atoms with Crippen LogP contribution in [-0.2, 0) is 0 Å². The van der Waals surface area contributed by atoms with Gasteiger partial charge in [-0.15, -0.1) is 0 Å². The predicted octanol–water partition coefficient (Wildman–Crippen LogP) is 1.26. The summed E-state index contributed by atoms with van der Waals surface area (Å²) < 4.78 is 13.0. The number of pyridine rings is 1. The fourth-order valence-corrected chi connectivity index (χ4v) is 0.919. The van der Waals surface area contributed by atoms with Crippen LogP contribution in [0.1, 0.15) is 10.4 Å². The van der Waals surface area contributed by atoms with Crippen molar-refractivity contribution in [1.29, 1.82) is 0 Å². The van der Waals surface area contributed by atoms with Crippen molar-refractivity contribution in [2.75, 3.05) is 13.1 Å². The van der Waals surface area contributed by atoms with Crippen molar-refractivity contribution in [3.8, 4) is 0 Å². The van der Waals surface area contributed by atoms with Crippen LogP contribution in [0.5, 0.6) is 0 Å². The third kappa shape index (κ3) is 3.24. The highest BCUT2D eigenvalue weighted by molar-refractivity contribution is 5.94. The van der Waals surface area contributed by atoms with Crippen LogP contribution >= 0.6 is 0 Å². The van der Waals surface area contributed by atoms with E-state index in [1.165, 1.54) is 12.3 Å². The predicted molar refractivity (Wildman–Crippen MR) is 50.5 cm³/mol. The molecule has 78 valence electrons. The molecule has 1 N–H and O–H groups in total. The highest BCUT2D eigenvalue weighted by Gasteiger charge is 2.09. The zero-order valence-electron chi connectivity index (χ0n) is 7.72. The molecule has 0 saturated heterocycles. The van der Waals surface area contributed by atoms with Gasteiger partial charge in [-0.25, -0.2) is 4.39 Å². The molecule has 0 saturated carbocycles. The molecule has 0 aliphatic carbocycles. The number of carbonyl (C=O) groups is 1. The third-order valence-electron chi connectivity index (χ3n) is 1.58. The first kappa shape index (κ1) is 10.9. The fourth-order valence-electron chi connectivity index (χ4n) is 0.919. The zero-order valence-corrected chi connectivity index (χ0v) is 7.72. The molecular formula is C8H8FN5O. The average Bonchev–Trinajstić information content (AvgIpc) is 2.25. The molecule has 0 aliphatic heterocycles. The van der Waals surface area contributed by atoms with Crippen molar-refractivity contribution >= 4 is 5.91 Å². The molecule has 0 unspecified atom stereocenters. The molecule has 1 amide bonds. The van der Waals surface area contributed by atoms with Crippen LogP contribution in [0.4, 0.5) is 4.39 Å². The molecule has 1 aromatic rings. The highest BCUT2D eigenvalue weighted by atomic mass is 19.1. The van der Waals surface area contributed by atoms with Crippen molar-refractivity contribution in [2.45, 2.75) is 0 Å². The Morgan fingerprint density at radius 2 is 2.53 bits per heavy atom. The molecule has 1 aromatic heterocycles. The van der Waals surface area contributed by atoms with E-state index >= 15 is 0 Å². The summed E-state index contributed by atoms with van der Waals surface area (Å²) in [4.78, 5) is 17.3. The monoisotopic (exact) mass is 209 g/mol. The van der Waals surface area contributed by atoms with Crippen LogP contribution in [0, 0.1) is 5.82 Å². The Hall–Kier alpha value is -2.14. The summed E-state index contributed by atoms with van der Waals surface area (Å²) in [5.41, 5.74) is 7.89. The molecule has 0 aliphatic rings. The fraction of sp³-hybridized carbons (Fsp3) is 0.250. The lowest BCUT2D eigenvalue weighted by molar-refractivity contribution is 0.0950. The molecular weight excluding hydrogens is 201 g/mol. The van der Waals surface area contributed by atoms with Gasteiger partial charge in [-0.1, -0.05) is 5.11 Å². The number of carbonyl (C=O) groups excluding carboxylic acids is 1. The summed E-state index contributed by atoms with van der Waals surface area (Å²) >= 11 is 0. The number of nitrogens with one attached hydrogen (secondary N) is 1. The second kappa shape index (κ2) is 5.56. The minimum atomic E-state index is -0.682. The average molecular weight is 209 g/mol. The van der Waals surface area contributed by atoms with Crippen molar-refractivity contribution in [3.63, 3.8) is 0 Å². The summed E-state index contributed by atoms with van der Waals surface area (Å²) in [5.74, 6) is -1.23. The molecule has 1 heterocycles. The lowest BCUT2D eigenvalue weighted by Crippen LogP contribution is -2.26. The second-order valence-electron chi connectivity index (χ2n) is 2.57. The second-order valence-corrected chi connectivity index (χ2v) is 2.57. The minimum absolute atomic E-state index is 0.0778. The summed E-state index contributed by atoms with van der Waals surface area (Å²) in [5, 5.41) is 5.62. The number of nitrogens with zero attached hydrogens (tertiary/aromatic N) is 4. The minimum Gasteiger partial charge on any atom is -0.352 e. The molecule has 15 heavy (non-hydrogen) atoms. The smallest absolute Gasteiger partial charge is 0.254 e. The van der Waals surface area contributed by atoms with E-state index in [0.29, 0.717) is 0 Å². The van der Waals surface area contributed by atoms with Gasteiger partial charge in [0.25, 0.3) is 5.91 Å². The highest BCUT2D eigenvalue weighted by Crippen LogP contribution is 2.03. The molecule has 0 radical (unpaired) electrons. The Morgan fingerprint density at radius 1 is 1.73 bits per heavy atom. The van der Waals surface area contributed by atoms with Gasteiger partial charge in [0.15, 0.2) is 5.82 Å². The standard InChI is InChI=1S/C8H8FN5O/c9-7-5-11-2-1-6(7)8(15)12-3-4-13-14-10/h1-2,5H,3-4H2,(H,12,15). The quantitative estimate of drug-likeness (QED) is 0.350. The maximum absolute atomic E-state index is 13.0. The van der Waals surface area contributed by atoms with Crippen molar-refractivity contribution in [3.05, 3.63) is 40.3 Å². The lowest BCUT2D eigenvalue weighted by Gasteiger charge is -2.03. The SMILES string of the molecule is [N-]=[N+]=NCCNC(=O)c1ccncc1F. The van der Waals surface area contributed by atoms with Gasteiger partial charge in [0.2, 0.25) is 0 Å². The molecule has 0 spiro atoms. The summed E-state index contributed by atoms with van der Waals surface area (Å²) in [7, 11) is 0. The van der Waals surface area contributed by atoms with Gasteiger partial charge in [-0.3, -0.25) is 9.78 Å². The molecule has 0 bridgehead atoms. The normalized spacial score (nSPS) is 9.13. The van der Waals surface area contributed by atoms with Gasteiger partial charge in [0.05, 0.1) is 11.8 Å². The summed E-state index contributed by atoms with van der Waals surface area (Å²) in [6.45, 7) is 0.305. The van der Waals surface area contributed by atoms with Gasteiger partial charge >= 0.3 is 0 Å². The van der Waals surface area contributed by atoms with Gasteiger partial charge in [-0.05, 0) is 11.6 Å². The number of aromatic nitrogens is 1. The summed E-state index contributed by atoms with van der Waals surface area (Å²) in [6.07, 6.45) is 2.29. The van der Waals surface area contributed by atoms with E-state index in [9.17, 15) is 9.18 Å². The molecule has 7 heteroatoms. The lowest BCUT2D eigenvalue weighted by atomic mass is 10.2. The van der Waals surface area contributed by atoms with Gasteiger partial charge in [0, 0.05) is 24.2 Å². The first-order valence-corrected chi connectivity index (χ1v) is 4.14. The molecule has 1 rings (SSSR count). The maximum atomic E-state index is 13.0. The van der Waals surface area contributed by atoms with Gasteiger partial charge < -0.3 is 5.32 Å². The Morgan fingerprint density at radius 3 is 3.20 bits per heavy atom. The van der Waals surface area contributed by atoms with E-state index in [4.69, 9.17) is 5.53 Å². The summed E-state index contributed by atoms with van der Waals surface area (Å²) in [6, 6.07) is 1.28. The molecule has 0 aromatic carbocycles. The number of hydrogen-bond donors (Lipinski definition) is 1. The number of halogens is 1. The van der Waals surface area contributed by atoms with E-state index in [1.807, 2.05) is 0 Å². The van der Waals surface area contributed by atoms with E-state index in [1.54, 1.807) is 0 Å². The molecule has 0 atom stereocenters. The van der Waals surface area contributed by atoms with Crippen LogP contribution in [0.15, 0.2) is 23.6 Å². The molecule has 0 fully saturated rings. The number of azide groups is 1. The van der Waals surface area contributed by atoms with Crippen molar-refractivity contribution in [1.82, 2.24) is 10.3 Å². The Balaban J connectivity index is 2.54. The van der Waals surface area contributed by atoms with E-state index in [-0.39, 0.29) is 18.7 Å². The molecule has 6 nitrogen and oxygen atoms in total. The first-order valence-electron chi connectivity index (χ1n) is 4.14. The number of hydrogen-bond acceptors (Lipinski definition) is 3. The maximum Gasteiger partial charge on any atom is 0.254 e. The van der Waals surface area contributed by atoms with Crippen LogP contribution < -0.4 is 5.32 Å². The van der Waals surface area contributed by atoms with Crippen molar-refractivity contribution < 1.29 is 9.18 Å². The zero-order chi connectivity index (χ0) is 11.1. The number of rotatable bonds is 4. The van der Waals surface area contributed by atoms with Crippen molar-refractivity contribution in [2.24, 2.45) is 5.11 Å². The number of amides is 1. The van der Waals surface area contributed by atoms with E-state index in [0.717, 1.165) is 6.20 Å². The van der Waals surface area contributed by atoms with Crippen LogP contribution in [0.25, 0.3) is 10.4 Å². The van der Waals surface area contributed by atoms with Crippen LogP contribution in [0.3, 0.4) is 0 Å². The first-order chi connectivity index (χ1) is 7.25. The Kier molecular flexibility index (Phi) is 4.05. The van der Waals surface area contributed by atoms with E-state index in [2.05, 4.69) is 20.3 Å².